The van der Waals surface area contributed by atoms with Crippen LogP contribution >= 0.6 is 11.3 Å². The van der Waals surface area contributed by atoms with Gasteiger partial charge in [-0.3, -0.25) is 4.79 Å². The van der Waals surface area contributed by atoms with E-state index in [1.165, 1.54) is 0 Å². The van der Waals surface area contributed by atoms with E-state index in [0.29, 0.717) is 17.7 Å². The maximum absolute atomic E-state index is 12.2. The SMILES string of the molecule is C[C@H]1C[C@@H]1C(=O)N1CCN(c2nnc(C(C)(C)C)s2)CC1. The molecule has 116 valence electrons. The minimum atomic E-state index is 0.0514. The first-order valence-electron chi connectivity index (χ1n) is 7.74. The number of anilines is 1. The summed E-state index contributed by atoms with van der Waals surface area (Å²) in [6.45, 7) is 12.0. The van der Waals surface area contributed by atoms with Crippen molar-refractivity contribution in [3.8, 4) is 0 Å². The molecular formula is C15H24N4OS. The van der Waals surface area contributed by atoms with Gasteiger partial charge in [0.25, 0.3) is 0 Å². The molecule has 1 aliphatic heterocycles. The van der Waals surface area contributed by atoms with Crippen LogP contribution in [0.4, 0.5) is 5.13 Å². The summed E-state index contributed by atoms with van der Waals surface area (Å²) in [5.74, 6) is 1.24. The van der Waals surface area contributed by atoms with E-state index in [9.17, 15) is 4.79 Å². The molecule has 2 atom stereocenters. The molecule has 0 unspecified atom stereocenters. The Labute approximate surface area is 130 Å². The van der Waals surface area contributed by atoms with Crippen LogP contribution < -0.4 is 4.90 Å². The van der Waals surface area contributed by atoms with Gasteiger partial charge in [0.15, 0.2) is 0 Å². The molecule has 3 rings (SSSR count). The number of amides is 1. The Balaban J connectivity index is 1.58. The van der Waals surface area contributed by atoms with Gasteiger partial charge in [-0.15, -0.1) is 10.2 Å². The highest BCUT2D eigenvalue weighted by atomic mass is 32.1. The quantitative estimate of drug-likeness (QED) is 0.840. The zero-order valence-corrected chi connectivity index (χ0v) is 14.1. The number of carbonyl (C=O) groups excluding carboxylic acids is 1. The van der Waals surface area contributed by atoms with E-state index in [2.05, 4.69) is 42.8 Å². The summed E-state index contributed by atoms with van der Waals surface area (Å²) in [4.78, 5) is 16.5. The van der Waals surface area contributed by atoms with E-state index >= 15 is 0 Å². The van der Waals surface area contributed by atoms with Crippen LogP contribution in [0.2, 0.25) is 0 Å². The molecule has 2 heterocycles. The molecule has 0 spiro atoms. The van der Waals surface area contributed by atoms with Gasteiger partial charge in [-0.25, -0.2) is 0 Å². The number of hydrogen-bond acceptors (Lipinski definition) is 5. The van der Waals surface area contributed by atoms with E-state index in [4.69, 9.17) is 0 Å². The van der Waals surface area contributed by atoms with Crippen molar-refractivity contribution < 1.29 is 4.79 Å². The molecule has 1 aromatic rings. The van der Waals surface area contributed by atoms with Crippen molar-refractivity contribution in [3.05, 3.63) is 5.01 Å². The first kappa shape index (κ1) is 14.8. The lowest BCUT2D eigenvalue weighted by Gasteiger charge is -2.34. The number of piperazine rings is 1. The topological polar surface area (TPSA) is 49.3 Å². The number of hydrogen-bond donors (Lipinski definition) is 0. The van der Waals surface area contributed by atoms with Gasteiger partial charge in [0.05, 0.1) is 0 Å². The van der Waals surface area contributed by atoms with Crippen molar-refractivity contribution in [3.63, 3.8) is 0 Å². The Bertz CT molecular complexity index is 528. The predicted octanol–water partition coefficient (Wildman–Crippen LogP) is 2.14. The molecule has 0 N–H and O–H groups in total. The molecule has 6 heteroatoms. The first-order chi connectivity index (χ1) is 9.86. The summed E-state index contributed by atoms with van der Waals surface area (Å²) < 4.78 is 0. The lowest BCUT2D eigenvalue weighted by atomic mass is 9.98. The van der Waals surface area contributed by atoms with E-state index < -0.39 is 0 Å². The molecule has 2 fully saturated rings. The summed E-state index contributed by atoms with van der Waals surface area (Å²) in [7, 11) is 0. The van der Waals surface area contributed by atoms with Crippen molar-refractivity contribution >= 4 is 22.4 Å². The largest absolute Gasteiger partial charge is 0.343 e. The number of carbonyl (C=O) groups is 1. The van der Waals surface area contributed by atoms with Crippen LogP contribution in [0.15, 0.2) is 0 Å². The van der Waals surface area contributed by atoms with Gasteiger partial charge in [0, 0.05) is 37.5 Å². The second-order valence-corrected chi connectivity index (χ2v) is 8.23. The lowest BCUT2D eigenvalue weighted by molar-refractivity contribution is -0.133. The van der Waals surface area contributed by atoms with Gasteiger partial charge >= 0.3 is 0 Å². The number of nitrogens with zero attached hydrogens (tertiary/aromatic N) is 4. The first-order valence-corrected chi connectivity index (χ1v) is 8.55. The van der Waals surface area contributed by atoms with Crippen LogP contribution in [0.25, 0.3) is 0 Å². The maximum atomic E-state index is 12.2. The Kier molecular flexibility index (Phi) is 3.67. The van der Waals surface area contributed by atoms with Gasteiger partial charge in [-0.05, 0) is 12.3 Å². The molecule has 1 saturated carbocycles. The molecule has 5 nitrogen and oxygen atoms in total. The van der Waals surface area contributed by atoms with E-state index in [1.807, 2.05) is 4.90 Å². The molecule has 0 bridgehead atoms. The van der Waals surface area contributed by atoms with Crippen molar-refractivity contribution in [2.45, 2.75) is 39.5 Å². The van der Waals surface area contributed by atoms with Crippen LogP contribution in [0.5, 0.6) is 0 Å². The maximum Gasteiger partial charge on any atom is 0.226 e. The van der Waals surface area contributed by atoms with Crippen LogP contribution in [-0.2, 0) is 10.2 Å². The monoisotopic (exact) mass is 308 g/mol. The zero-order valence-electron chi connectivity index (χ0n) is 13.3. The second kappa shape index (κ2) is 5.23. The fraction of sp³-hybridized carbons (Fsp3) is 0.800. The van der Waals surface area contributed by atoms with Crippen LogP contribution in [-0.4, -0.2) is 47.2 Å². The fourth-order valence-corrected chi connectivity index (χ4v) is 3.62. The van der Waals surface area contributed by atoms with Crippen LogP contribution in [0.3, 0.4) is 0 Å². The molecule has 2 aliphatic rings. The highest BCUT2D eigenvalue weighted by Gasteiger charge is 2.42. The van der Waals surface area contributed by atoms with E-state index in [-0.39, 0.29) is 5.41 Å². The predicted molar refractivity (Wildman–Crippen MR) is 84.7 cm³/mol. The van der Waals surface area contributed by atoms with Crippen molar-refractivity contribution in [2.75, 3.05) is 31.1 Å². The van der Waals surface area contributed by atoms with Gasteiger partial charge in [-0.1, -0.05) is 39.0 Å². The van der Waals surface area contributed by atoms with Crippen molar-refractivity contribution in [1.29, 1.82) is 0 Å². The molecule has 1 aliphatic carbocycles. The molecule has 0 radical (unpaired) electrons. The summed E-state index contributed by atoms with van der Waals surface area (Å²) in [6, 6.07) is 0. The average Bonchev–Trinajstić information content (AvgIpc) is 2.97. The zero-order chi connectivity index (χ0) is 15.2. The Morgan fingerprint density at radius 2 is 1.81 bits per heavy atom. The molecule has 0 aromatic carbocycles. The number of rotatable bonds is 2. The average molecular weight is 308 g/mol. The highest BCUT2D eigenvalue weighted by molar-refractivity contribution is 7.15. The molecule has 1 amide bonds. The normalized spacial score (nSPS) is 26.1. The smallest absolute Gasteiger partial charge is 0.226 e. The van der Waals surface area contributed by atoms with Crippen molar-refractivity contribution in [2.24, 2.45) is 11.8 Å². The second-order valence-electron chi connectivity index (χ2n) is 7.27. The third-order valence-corrected chi connectivity index (χ3v) is 5.75. The van der Waals surface area contributed by atoms with Crippen LogP contribution in [0, 0.1) is 11.8 Å². The summed E-state index contributed by atoms with van der Waals surface area (Å²) in [6.07, 6.45) is 1.07. The standard InChI is InChI=1S/C15H24N4OS/c1-10-9-11(10)12(20)18-5-7-19(8-6-18)14-17-16-13(21-14)15(2,3)4/h10-11H,5-9H2,1-4H3/t10-,11-/m0/s1. The van der Waals surface area contributed by atoms with Crippen molar-refractivity contribution in [1.82, 2.24) is 15.1 Å². The number of aromatic nitrogens is 2. The third kappa shape index (κ3) is 3.05. The minimum Gasteiger partial charge on any atom is -0.343 e. The van der Waals surface area contributed by atoms with E-state index in [1.54, 1.807) is 11.3 Å². The molecule has 1 saturated heterocycles. The van der Waals surface area contributed by atoms with Crippen LogP contribution in [0.1, 0.15) is 39.1 Å². The molecule has 1 aromatic heterocycles. The van der Waals surface area contributed by atoms with Gasteiger partial charge in [0.1, 0.15) is 5.01 Å². The summed E-state index contributed by atoms with van der Waals surface area (Å²) >= 11 is 1.68. The summed E-state index contributed by atoms with van der Waals surface area (Å²) in [5.41, 5.74) is 0.0514. The molecule has 21 heavy (non-hydrogen) atoms. The molecular weight excluding hydrogens is 284 g/mol. The highest BCUT2D eigenvalue weighted by Crippen LogP contribution is 2.39. The lowest BCUT2D eigenvalue weighted by Crippen LogP contribution is -2.49. The Morgan fingerprint density at radius 3 is 2.29 bits per heavy atom. The fourth-order valence-electron chi connectivity index (χ4n) is 2.67. The Hall–Kier alpha value is -1.17. The van der Waals surface area contributed by atoms with Gasteiger partial charge in [0.2, 0.25) is 11.0 Å². The minimum absolute atomic E-state index is 0.0514. The van der Waals surface area contributed by atoms with E-state index in [0.717, 1.165) is 42.7 Å². The summed E-state index contributed by atoms with van der Waals surface area (Å²) in [5, 5.41) is 10.7. The third-order valence-electron chi connectivity index (χ3n) is 4.34. The van der Waals surface area contributed by atoms with Gasteiger partial charge < -0.3 is 9.80 Å². The van der Waals surface area contributed by atoms with Gasteiger partial charge in [-0.2, -0.15) is 0 Å². The Morgan fingerprint density at radius 1 is 1.19 bits per heavy atom.